The van der Waals surface area contributed by atoms with E-state index in [0.717, 1.165) is 17.0 Å². The van der Waals surface area contributed by atoms with Gasteiger partial charge in [-0.2, -0.15) is 0 Å². The maximum absolute atomic E-state index is 5.84. The molecule has 20 heavy (non-hydrogen) atoms. The summed E-state index contributed by atoms with van der Waals surface area (Å²) in [4.78, 5) is 4.20. The molecule has 0 aliphatic rings. The van der Waals surface area contributed by atoms with Crippen LogP contribution in [0.5, 0.6) is 11.6 Å². The fourth-order valence-electron chi connectivity index (χ4n) is 1.91. The van der Waals surface area contributed by atoms with Crippen molar-refractivity contribution in [3.8, 4) is 11.6 Å². The second-order valence-electron chi connectivity index (χ2n) is 4.30. The molecule has 106 valence electrons. The number of methoxy groups -OCH3 is 2. The predicted molar refractivity (Wildman–Crippen MR) is 79.2 cm³/mol. The summed E-state index contributed by atoms with van der Waals surface area (Å²) in [5.74, 6) is 1.39. The summed E-state index contributed by atoms with van der Waals surface area (Å²) in [6, 6.07) is 11.5. The molecular formula is C15H19N3O2. The first-order chi connectivity index (χ1) is 9.76. The van der Waals surface area contributed by atoms with Gasteiger partial charge in [-0.1, -0.05) is 12.1 Å². The maximum Gasteiger partial charge on any atom is 0.212 e. The minimum Gasteiger partial charge on any atom is -0.497 e. The highest BCUT2D eigenvalue weighted by Gasteiger charge is 2.10. The molecular weight excluding hydrogens is 254 g/mol. The lowest BCUT2D eigenvalue weighted by molar-refractivity contribution is 0.397. The van der Waals surface area contributed by atoms with Crippen LogP contribution in [0, 0.1) is 0 Å². The van der Waals surface area contributed by atoms with Gasteiger partial charge in [0.1, 0.15) is 5.75 Å². The zero-order chi connectivity index (χ0) is 14.4. The van der Waals surface area contributed by atoms with E-state index in [1.807, 2.05) is 36.4 Å². The van der Waals surface area contributed by atoms with E-state index in [1.165, 1.54) is 0 Å². The number of ether oxygens (including phenoxy) is 2. The third-order valence-electron chi connectivity index (χ3n) is 3.02. The molecule has 1 heterocycles. The van der Waals surface area contributed by atoms with Crippen LogP contribution in [-0.2, 0) is 0 Å². The summed E-state index contributed by atoms with van der Waals surface area (Å²) in [7, 11) is 3.24. The van der Waals surface area contributed by atoms with Gasteiger partial charge >= 0.3 is 0 Å². The second kappa shape index (κ2) is 6.77. The van der Waals surface area contributed by atoms with Crippen molar-refractivity contribution in [1.29, 1.82) is 0 Å². The van der Waals surface area contributed by atoms with Crippen molar-refractivity contribution in [2.75, 3.05) is 26.1 Å². The quantitative estimate of drug-likeness (QED) is 0.844. The second-order valence-corrected chi connectivity index (χ2v) is 4.30. The van der Waals surface area contributed by atoms with Crippen molar-refractivity contribution in [2.24, 2.45) is 5.73 Å². The Balaban J connectivity index is 2.14. The van der Waals surface area contributed by atoms with Gasteiger partial charge in [0.05, 0.1) is 20.3 Å². The molecule has 0 bridgehead atoms. The first-order valence-electron chi connectivity index (χ1n) is 6.37. The SMILES string of the molecule is COc1cccc(NC(CN)c2ccc(OC)nc2)c1. The molecule has 0 fully saturated rings. The van der Waals surface area contributed by atoms with Crippen molar-refractivity contribution in [1.82, 2.24) is 4.98 Å². The first kappa shape index (κ1) is 14.1. The summed E-state index contributed by atoms with van der Waals surface area (Å²) >= 11 is 0. The Labute approximate surface area is 118 Å². The molecule has 3 N–H and O–H groups in total. The molecule has 0 saturated heterocycles. The summed E-state index contributed by atoms with van der Waals surface area (Å²) in [5.41, 5.74) is 7.81. The lowest BCUT2D eigenvalue weighted by Crippen LogP contribution is -2.20. The third-order valence-corrected chi connectivity index (χ3v) is 3.02. The van der Waals surface area contributed by atoms with Crippen LogP contribution in [-0.4, -0.2) is 25.7 Å². The van der Waals surface area contributed by atoms with Gasteiger partial charge in [-0.3, -0.25) is 0 Å². The van der Waals surface area contributed by atoms with Crippen LogP contribution in [0.4, 0.5) is 5.69 Å². The van der Waals surface area contributed by atoms with E-state index in [-0.39, 0.29) is 6.04 Å². The highest BCUT2D eigenvalue weighted by atomic mass is 16.5. The van der Waals surface area contributed by atoms with Gasteiger partial charge in [-0.15, -0.1) is 0 Å². The molecule has 1 unspecified atom stereocenters. The van der Waals surface area contributed by atoms with Gasteiger partial charge in [0.15, 0.2) is 0 Å². The van der Waals surface area contributed by atoms with E-state index in [1.54, 1.807) is 20.4 Å². The molecule has 0 amide bonds. The molecule has 2 aromatic rings. The van der Waals surface area contributed by atoms with Crippen LogP contribution in [0.3, 0.4) is 0 Å². The summed E-state index contributed by atoms with van der Waals surface area (Å²) in [6.07, 6.45) is 1.77. The van der Waals surface area contributed by atoms with Crippen molar-refractivity contribution >= 4 is 5.69 Å². The van der Waals surface area contributed by atoms with E-state index in [9.17, 15) is 0 Å². The van der Waals surface area contributed by atoms with Gasteiger partial charge in [0, 0.05) is 30.6 Å². The fraction of sp³-hybridized carbons (Fsp3) is 0.267. The summed E-state index contributed by atoms with van der Waals surface area (Å²) in [6.45, 7) is 0.464. The number of aromatic nitrogens is 1. The van der Waals surface area contributed by atoms with Gasteiger partial charge < -0.3 is 20.5 Å². The number of benzene rings is 1. The van der Waals surface area contributed by atoms with Crippen LogP contribution in [0.2, 0.25) is 0 Å². The Hall–Kier alpha value is -2.27. The van der Waals surface area contributed by atoms with Crippen molar-refractivity contribution in [2.45, 2.75) is 6.04 Å². The smallest absolute Gasteiger partial charge is 0.212 e. The molecule has 2 rings (SSSR count). The number of anilines is 1. The third kappa shape index (κ3) is 3.39. The summed E-state index contributed by atoms with van der Waals surface area (Å²) in [5, 5.41) is 3.37. The summed E-state index contributed by atoms with van der Waals surface area (Å²) < 4.78 is 10.3. The largest absolute Gasteiger partial charge is 0.497 e. The van der Waals surface area contributed by atoms with Crippen LogP contribution in [0.1, 0.15) is 11.6 Å². The van der Waals surface area contributed by atoms with Gasteiger partial charge in [0.2, 0.25) is 5.88 Å². The first-order valence-corrected chi connectivity index (χ1v) is 6.37. The Kier molecular flexibility index (Phi) is 4.79. The van der Waals surface area contributed by atoms with Crippen LogP contribution >= 0.6 is 0 Å². The number of nitrogens with zero attached hydrogens (tertiary/aromatic N) is 1. The molecule has 1 atom stereocenters. The number of pyridine rings is 1. The number of hydrogen-bond acceptors (Lipinski definition) is 5. The predicted octanol–water partition coefficient (Wildman–Crippen LogP) is 2.21. The van der Waals surface area contributed by atoms with Crippen LogP contribution in [0.25, 0.3) is 0 Å². The molecule has 1 aromatic carbocycles. The molecule has 0 aliphatic heterocycles. The molecule has 0 aliphatic carbocycles. The van der Waals surface area contributed by atoms with E-state index in [2.05, 4.69) is 10.3 Å². The molecule has 5 heteroatoms. The topological polar surface area (TPSA) is 69.4 Å². The molecule has 1 aromatic heterocycles. The van der Waals surface area contributed by atoms with E-state index in [0.29, 0.717) is 12.4 Å². The monoisotopic (exact) mass is 273 g/mol. The Morgan fingerprint density at radius 2 is 2.05 bits per heavy atom. The lowest BCUT2D eigenvalue weighted by atomic mass is 10.1. The number of hydrogen-bond donors (Lipinski definition) is 2. The highest BCUT2D eigenvalue weighted by Crippen LogP contribution is 2.22. The number of rotatable bonds is 6. The Morgan fingerprint density at radius 1 is 1.20 bits per heavy atom. The Bertz CT molecular complexity index is 543. The standard InChI is InChI=1S/C15H19N3O2/c1-19-13-5-3-4-12(8-13)18-14(9-16)11-6-7-15(20-2)17-10-11/h3-8,10,14,18H,9,16H2,1-2H3. The maximum atomic E-state index is 5.84. The molecule has 0 radical (unpaired) electrons. The van der Waals surface area contributed by atoms with E-state index >= 15 is 0 Å². The molecule has 0 saturated carbocycles. The minimum absolute atomic E-state index is 0.0134. The fourth-order valence-corrected chi connectivity index (χ4v) is 1.91. The average molecular weight is 273 g/mol. The highest BCUT2D eigenvalue weighted by molar-refractivity contribution is 5.50. The zero-order valence-corrected chi connectivity index (χ0v) is 11.7. The minimum atomic E-state index is -0.0134. The molecule has 0 spiro atoms. The van der Waals surface area contributed by atoms with E-state index in [4.69, 9.17) is 15.2 Å². The van der Waals surface area contributed by atoms with Crippen LogP contribution in [0.15, 0.2) is 42.6 Å². The van der Waals surface area contributed by atoms with Crippen molar-refractivity contribution < 1.29 is 9.47 Å². The van der Waals surface area contributed by atoms with Crippen molar-refractivity contribution in [3.05, 3.63) is 48.2 Å². The van der Waals surface area contributed by atoms with Gasteiger partial charge in [0.25, 0.3) is 0 Å². The van der Waals surface area contributed by atoms with Crippen LogP contribution < -0.4 is 20.5 Å². The Morgan fingerprint density at radius 3 is 2.65 bits per heavy atom. The lowest BCUT2D eigenvalue weighted by Gasteiger charge is -2.19. The molecule has 5 nitrogen and oxygen atoms in total. The normalized spacial score (nSPS) is 11.8. The van der Waals surface area contributed by atoms with Crippen molar-refractivity contribution in [3.63, 3.8) is 0 Å². The van der Waals surface area contributed by atoms with Gasteiger partial charge in [-0.05, 0) is 17.7 Å². The number of nitrogens with two attached hydrogens (primary N) is 1. The van der Waals surface area contributed by atoms with E-state index < -0.39 is 0 Å². The average Bonchev–Trinajstić information content (AvgIpc) is 2.53. The zero-order valence-electron chi connectivity index (χ0n) is 11.7. The van der Waals surface area contributed by atoms with Gasteiger partial charge in [-0.25, -0.2) is 4.98 Å². The number of nitrogens with one attached hydrogen (secondary N) is 1.